The fraction of sp³-hybridized carbons (Fsp3) is 0.417. The van der Waals surface area contributed by atoms with Gasteiger partial charge in [0.1, 0.15) is 0 Å². The first-order chi connectivity index (χ1) is 8.54. The number of carboxylic acids is 1. The lowest BCUT2D eigenvalue weighted by molar-refractivity contribution is -0.385. The van der Waals surface area contributed by atoms with Crippen LogP contribution < -0.4 is 0 Å². The fourth-order valence-corrected chi connectivity index (χ4v) is 1.79. The monoisotopic (exact) mass is 288 g/mol. The minimum Gasteiger partial charge on any atom is -0.480 e. The first-order valence-electron chi connectivity index (χ1n) is 5.71. The zero-order valence-corrected chi connectivity index (χ0v) is 11.4. The van der Waals surface area contributed by atoms with Crippen LogP contribution in [0.5, 0.6) is 0 Å². The number of hydrogen-bond donors (Lipinski definition) is 1. The van der Waals surface area contributed by atoms with Gasteiger partial charge < -0.3 is 5.11 Å². The third kappa shape index (κ3) is 5.67. The van der Waals surface area contributed by atoms with Crippen molar-refractivity contribution in [3.05, 3.63) is 39.9 Å². The highest BCUT2D eigenvalue weighted by Gasteiger charge is 2.16. The lowest BCUT2D eigenvalue weighted by Crippen LogP contribution is -2.30. The van der Waals surface area contributed by atoms with E-state index < -0.39 is 10.9 Å². The van der Waals surface area contributed by atoms with Crippen LogP contribution in [0.3, 0.4) is 0 Å². The number of rotatable bonds is 7. The summed E-state index contributed by atoms with van der Waals surface area (Å²) in [6, 6.07) is 6.40. The lowest BCUT2D eigenvalue weighted by Gasteiger charge is -2.19. The van der Waals surface area contributed by atoms with Gasteiger partial charge in [0, 0.05) is 18.2 Å². The predicted octanol–water partition coefficient (Wildman–Crippen LogP) is 2.31. The standard InChI is InChI=1S/C12H16N2O4.ClH/c1-2-7-13(9-12(15)16)8-10-5-3-4-6-11(10)14(17)18;/h3-6H,2,7-9H2,1H3,(H,15,16);1H. The number of para-hydroxylation sites is 1. The Hall–Kier alpha value is -1.66. The summed E-state index contributed by atoms with van der Waals surface area (Å²) in [7, 11) is 0. The second-order valence-electron chi connectivity index (χ2n) is 3.99. The van der Waals surface area contributed by atoms with Gasteiger partial charge in [0.25, 0.3) is 5.69 Å². The highest BCUT2D eigenvalue weighted by Crippen LogP contribution is 2.19. The molecule has 7 heteroatoms. The SMILES string of the molecule is CCCN(CC(=O)O)Cc1ccccc1[N+](=O)[O-].Cl. The molecule has 0 atom stereocenters. The Labute approximate surface area is 117 Å². The molecule has 1 rings (SSSR count). The summed E-state index contributed by atoms with van der Waals surface area (Å²) in [5.41, 5.74) is 0.571. The van der Waals surface area contributed by atoms with Crippen LogP contribution in [-0.4, -0.2) is 34.0 Å². The second kappa shape index (κ2) is 8.44. The Morgan fingerprint density at radius 2 is 2.05 bits per heavy atom. The van der Waals surface area contributed by atoms with Gasteiger partial charge in [-0.2, -0.15) is 0 Å². The van der Waals surface area contributed by atoms with E-state index in [0.29, 0.717) is 12.1 Å². The van der Waals surface area contributed by atoms with E-state index in [0.717, 1.165) is 6.42 Å². The van der Waals surface area contributed by atoms with Crippen LogP contribution in [0, 0.1) is 10.1 Å². The third-order valence-electron chi connectivity index (χ3n) is 2.48. The first-order valence-corrected chi connectivity index (χ1v) is 5.71. The number of halogens is 1. The summed E-state index contributed by atoms with van der Waals surface area (Å²) in [5.74, 6) is -0.929. The van der Waals surface area contributed by atoms with E-state index in [1.807, 2.05) is 6.92 Å². The first kappa shape index (κ1) is 17.3. The van der Waals surface area contributed by atoms with E-state index in [1.54, 1.807) is 23.1 Å². The summed E-state index contributed by atoms with van der Waals surface area (Å²) >= 11 is 0. The van der Waals surface area contributed by atoms with E-state index in [4.69, 9.17) is 5.11 Å². The molecule has 0 radical (unpaired) electrons. The number of carbonyl (C=O) groups is 1. The molecule has 0 fully saturated rings. The van der Waals surface area contributed by atoms with Crippen molar-refractivity contribution in [2.45, 2.75) is 19.9 Å². The largest absolute Gasteiger partial charge is 0.480 e. The molecular formula is C12H17ClN2O4. The van der Waals surface area contributed by atoms with Crippen molar-refractivity contribution in [2.24, 2.45) is 0 Å². The molecule has 0 aliphatic rings. The van der Waals surface area contributed by atoms with Gasteiger partial charge in [0.05, 0.1) is 11.5 Å². The van der Waals surface area contributed by atoms with Gasteiger partial charge in [-0.3, -0.25) is 19.8 Å². The van der Waals surface area contributed by atoms with Crippen molar-refractivity contribution in [1.82, 2.24) is 4.90 Å². The molecule has 6 nitrogen and oxygen atoms in total. The van der Waals surface area contributed by atoms with Crippen molar-refractivity contribution in [3.8, 4) is 0 Å². The zero-order valence-electron chi connectivity index (χ0n) is 10.6. The Morgan fingerprint density at radius 3 is 2.58 bits per heavy atom. The number of nitrogens with zero attached hydrogens (tertiary/aromatic N) is 2. The Balaban J connectivity index is 0.00000324. The maximum absolute atomic E-state index is 10.9. The Morgan fingerprint density at radius 1 is 1.42 bits per heavy atom. The van der Waals surface area contributed by atoms with E-state index >= 15 is 0 Å². The summed E-state index contributed by atoms with van der Waals surface area (Å²) in [5, 5.41) is 19.6. The van der Waals surface area contributed by atoms with Gasteiger partial charge in [-0.05, 0) is 13.0 Å². The topological polar surface area (TPSA) is 83.7 Å². The molecule has 0 aromatic heterocycles. The maximum Gasteiger partial charge on any atom is 0.317 e. The number of nitro benzene ring substituents is 1. The smallest absolute Gasteiger partial charge is 0.317 e. The van der Waals surface area contributed by atoms with Crippen molar-refractivity contribution in [2.75, 3.05) is 13.1 Å². The molecule has 1 aromatic rings. The highest BCUT2D eigenvalue weighted by atomic mass is 35.5. The third-order valence-corrected chi connectivity index (χ3v) is 2.48. The molecule has 19 heavy (non-hydrogen) atoms. The Kier molecular flexibility index (Phi) is 7.71. The van der Waals surface area contributed by atoms with Crippen LogP contribution in [0.4, 0.5) is 5.69 Å². The quantitative estimate of drug-likeness (QED) is 0.615. The molecule has 0 aliphatic carbocycles. The Bertz CT molecular complexity index is 439. The molecule has 0 saturated carbocycles. The summed E-state index contributed by atoms with van der Waals surface area (Å²) < 4.78 is 0. The molecule has 0 spiro atoms. The number of carboxylic acid groups (broad SMARTS) is 1. The minimum absolute atomic E-state index is 0. The van der Waals surface area contributed by atoms with Gasteiger partial charge in [-0.25, -0.2) is 0 Å². The van der Waals surface area contributed by atoms with Gasteiger partial charge in [0.15, 0.2) is 0 Å². The average Bonchev–Trinajstić information content (AvgIpc) is 2.28. The van der Waals surface area contributed by atoms with Crippen LogP contribution in [0.2, 0.25) is 0 Å². The predicted molar refractivity (Wildman–Crippen MR) is 73.5 cm³/mol. The van der Waals surface area contributed by atoms with Crippen LogP contribution in [0.25, 0.3) is 0 Å². The number of hydrogen-bond acceptors (Lipinski definition) is 4. The van der Waals surface area contributed by atoms with Gasteiger partial charge in [-0.1, -0.05) is 25.1 Å². The molecule has 0 unspecified atom stereocenters. The molecule has 1 aromatic carbocycles. The molecule has 0 aliphatic heterocycles. The minimum atomic E-state index is -0.929. The highest BCUT2D eigenvalue weighted by molar-refractivity contribution is 5.85. The van der Waals surface area contributed by atoms with Crippen LogP contribution in [0.1, 0.15) is 18.9 Å². The van der Waals surface area contributed by atoms with Crippen molar-refractivity contribution in [1.29, 1.82) is 0 Å². The lowest BCUT2D eigenvalue weighted by atomic mass is 10.1. The number of benzene rings is 1. The van der Waals surface area contributed by atoms with Crippen molar-refractivity contribution < 1.29 is 14.8 Å². The van der Waals surface area contributed by atoms with Crippen LogP contribution in [-0.2, 0) is 11.3 Å². The normalized spacial score (nSPS) is 10.0. The average molecular weight is 289 g/mol. The molecule has 0 amide bonds. The molecular weight excluding hydrogens is 272 g/mol. The van der Waals surface area contributed by atoms with E-state index in [9.17, 15) is 14.9 Å². The number of aliphatic carboxylic acids is 1. The number of nitro groups is 1. The fourth-order valence-electron chi connectivity index (χ4n) is 1.79. The van der Waals surface area contributed by atoms with Gasteiger partial charge >= 0.3 is 5.97 Å². The van der Waals surface area contributed by atoms with Gasteiger partial charge in [0.2, 0.25) is 0 Å². The van der Waals surface area contributed by atoms with Crippen molar-refractivity contribution in [3.63, 3.8) is 0 Å². The molecule has 106 valence electrons. The summed E-state index contributed by atoms with van der Waals surface area (Å²) in [6.45, 7) is 2.70. The van der Waals surface area contributed by atoms with E-state index in [-0.39, 0.29) is 31.2 Å². The molecule has 0 heterocycles. The summed E-state index contributed by atoms with van der Waals surface area (Å²) in [4.78, 5) is 22.8. The van der Waals surface area contributed by atoms with Gasteiger partial charge in [-0.15, -0.1) is 12.4 Å². The molecule has 0 saturated heterocycles. The van der Waals surface area contributed by atoms with E-state index in [1.165, 1.54) is 6.07 Å². The van der Waals surface area contributed by atoms with Crippen LogP contribution in [0.15, 0.2) is 24.3 Å². The zero-order chi connectivity index (χ0) is 13.5. The molecule has 0 bridgehead atoms. The van der Waals surface area contributed by atoms with Crippen LogP contribution >= 0.6 is 12.4 Å². The summed E-state index contributed by atoms with van der Waals surface area (Å²) in [6.07, 6.45) is 0.800. The van der Waals surface area contributed by atoms with Crippen molar-refractivity contribution >= 4 is 24.1 Å². The van der Waals surface area contributed by atoms with E-state index in [2.05, 4.69) is 0 Å². The molecule has 1 N–H and O–H groups in total. The maximum atomic E-state index is 10.9. The second-order valence-corrected chi connectivity index (χ2v) is 3.99.